The van der Waals surface area contributed by atoms with E-state index in [0.29, 0.717) is 18.5 Å². The zero-order chi connectivity index (χ0) is 15.8. The summed E-state index contributed by atoms with van der Waals surface area (Å²) >= 11 is 0. The molecule has 0 aromatic heterocycles. The van der Waals surface area contributed by atoms with Gasteiger partial charge in [0.2, 0.25) is 11.8 Å². The number of carbonyl (C=O) groups is 2. The van der Waals surface area contributed by atoms with E-state index < -0.39 is 12.0 Å². The van der Waals surface area contributed by atoms with Crippen molar-refractivity contribution in [1.82, 2.24) is 5.32 Å². The minimum atomic E-state index is -0.480. The summed E-state index contributed by atoms with van der Waals surface area (Å²) in [4.78, 5) is 22.5. The van der Waals surface area contributed by atoms with Gasteiger partial charge in [0.05, 0.1) is 6.10 Å². The Labute approximate surface area is 124 Å². The van der Waals surface area contributed by atoms with Gasteiger partial charge in [-0.15, -0.1) is 0 Å². The quantitative estimate of drug-likeness (QED) is 0.661. The van der Waals surface area contributed by atoms with Crippen LogP contribution < -0.4 is 11.1 Å². The Morgan fingerprint density at radius 2 is 1.90 bits per heavy atom. The minimum absolute atomic E-state index is 0.182. The number of carbonyl (C=O) groups excluding carboxylic acids is 2. The van der Waals surface area contributed by atoms with Crippen LogP contribution >= 0.6 is 0 Å². The molecule has 0 aliphatic carbocycles. The van der Waals surface area contributed by atoms with Gasteiger partial charge in [0.15, 0.2) is 0 Å². The maximum atomic E-state index is 11.6. The van der Waals surface area contributed by atoms with Crippen LogP contribution in [0.15, 0.2) is 30.3 Å². The molecule has 0 aliphatic rings. The highest BCUT2D eigenvalue weighted by Gasteiger charge is 2.08. The maximum Gasteiger partial charge on any atom is 0.248 e. The second kappa shape index (κ2) is 8.21. The Morgan fingerprint density at radius 1 is 1.29 bits per heavy atom. The van der Waals surface area contributed by atoms with Gasteiger partial charge in [0, 0.05) is 18.2 Å². The first-order chi connectivity index (χ1) is 9.90. The number of primary amides is 1. The molecule has 0 saturated carbocycles. The van der Waals surface area contributed by atoms with E-state index in [9.17, 15) is 14.7 Å². The van der Waals surface area contributed by atoms with Crippen LogP contribution in [0.1, 0.15) is 36.2 Å². The fourth-order valence-corrected chi connectivity index (χ4v) is 1.67. The van der Waals surface area contributed by atoms with E-state index in [0.717, 1.165) is 5.56 Å². The molecule has 1 rings (SSSR count). The zero-order valence-electron chi connectivity index (χ0n) is 12.4. The highest BCUT2D eigenvalue weighted by molar-refractivity contribution is 5.94. The van der Waals surface area contributed by atoms with Crippen molar-refractivity contribution in [2.45, 2.75) is 26.4 Å². The normalized spacial score (nSPS) is 12.6. The summed E-state index contributed by atoms with van der Waals surface area (Å²) in [6.07, 6.45) is 3.19. The molecule has 5 nitrogen and oxygen atoms in total. The van der Waals surface area contributed by atoms with E-state index in [2.05, 4.69) is 5.32 Å². The molecule has 0 radical (unpaired) electrons. The van der Waals surface area contributed by atoms with Crippen LogP contribution in [0.5, 0.6) is 0 Å². The topological polar surface area (TPSA) is 92.4 Å². The van der Waals surface area contributed by atoms with Crippen molar-refractivity contribution in [3.63, 3.8) is 0 Å². The number of aliphatic hydroxyl groups is 1. The first-order valence-electron chi connectivity index (χ1n) is 6.94. The van der Waals surface area contributed by atoms with E-state index in [1.54, 1.807) is 30.3 Å². The van der Waals surface area contributed by atoms with Crippen molar-refractivity contribution >= 4 is 17.9 Å². The van der Waals surface area contributed by atoms with Crippen molar-refractivity contribution in [3.05, 3.63) is 41.5 Å². The number of rotatable bonds is 7. The molecular formula is C16H22N2O3. The lowest BCUT2D eigenvalue weighted by molar-refractivity contribution is -0.116. The summed E-state index contributed by atoms with van der Waals surface area (Å²) in [6, 6.07) is 6.65. The molecular weight excluding hydrogens is 268 g/mol. The lowest BCUT2D eigenvalue weighted by atomic mass is 10.0. The lowest BCUT2D eigenvalue weighted by Crippen LogP contribution is -2.27. The average molecular weight is 290 g/mol. The average Bonchev–Trinajstić information content (AvgIpc) is 2.45. The van der Waals surface area contributed by atoms with Crippen molar-refractivity contribution in [3.8, 4) is 0 Å². The van der Waals surface area contributed by atoms with Gasteiger partial charge < -0.3 is 16.2 Å². The van der Waals surface area contributed by atoms with Crippen molar-refractivity contribution < 1.29 is 14.7 Å². The van der Waals surface area contributed by atoms with Crippen LogP contribution in [0.4, 0.5) is 0 Å². The number of benzene rings is 1. The van der Waals surface area contributed by atoms with E-state index in [1.165, 1.54) is 6.08 Å². The molecule has 0 heterocycles. The number of hydrogen-bond donors (Lipinski definition) is 3. The number of hydrogen-bond acceptors (Lipinski definition) is 3. The van der Waals surface area contributed by atoms with Crippen LogP contribution in [-0.2, 0) is 4.79 Å². The van der Waals surface area contributed by atoms with Crippen LogP contribution in [-0.4, -0.2) is 29.6 Å². The third kappa shape index (κ3) is 6.23. The lowest BCUT2D eigenvalue weighted by Gasteiger charge is -2.13. The highest BCUT2D eigenvalue weighted by atomic mass is 16.3. The number of aliphatic hydroxyl groups excluding tert-OH is 1. The van der Waals surface area contributed by atoms with E-state index in [4.69, 9.17) is 5.73 Å². The van der Waals surface area contributed by atoms with Crippen LogP contribution in [0.2, 0.25) is 0 Å². The molecule has 0 fully saturated rings. The SMILES string of the molecule is CC(C)C(O)CCNC(=O)C=Cc1ccc(C(N)=O)cc1. The van der Waals surface area contributed by atoms with Crippen molar-refractivity contribution in [2.24, 2.45) is 11.7 Å². The monoisotopic (exact) mass is 290 g/mol. The highest BCUT2D eigenvalue weighted by Crippen LogP contribution is 2.06. The summed E-state index contributed by atoms with van der Waals surface area (Å²) < 4.78 is 0. The van der Waals surface area contributed by atoms with Gasteiger partial charge >= 0.3 is 0 Å². The van der Waals surface area contributed by atoms with Crippen LogP contribution in [0.3, 0.4) is 0 Å². The van der Waals surface area contributed by atoms with Crippen molar-refractivity contribution in [1.29, 1.82) is 0 Å². The fourth-order valence-electron chi connectivity index (χ4n) is 1.67. The standard InChI is InChI=1S/C16H22N2O3/c1-11(2)14(19)9-10-18-15(20)8-5-12-3-6-13(7-4-12)16(17)21/h3-8,11,14,19H,9-10H2,1-2H3,(H2,17,21)(H,18,20). The van der Waals surface area contributed by atoms with Gasteiger partial charge in [-0.3, -0.25) is 9.59 Å². The van der Waals surface area contributed by atoms with E-state index in [1.807, 2.05) is 13.8 Å². The predicted molar refractivity (Wildman–Crippen MR) is 82.5 cm³/mol. The first-order valence-corrected chi connectivity index (χ1v) is 6.94. The third-order valence-corrected chi connectivity index (χ3v) is 3.13. The molecule has 1 aromatic carbocycles. The molecule has 5 heteroatoms. The molecule has 1 aromatic rings. The molecule has 21 heavy (non-hydrogen) atoms. The Kier molecular flexibility index (Phi) is 6.62. The molecule has 0 spiro atoms. The maximum absolute atomic E-state index is 11.6. The van der Waals surface area contributed by atoms with Gasteiger partial charge in [-0.2, -0.15) is 0 Å². The largest absolute Gasteiger partial charge is 0.393 e. The number of amides is 2. The molecule has 1 atom stereocenters. The van der Waals surface area contributed by atoms with Gasteiger partial charge in [-0.1, -0.05) is 26.0 Å². The summed E-state index contributed by atoms with van der Waals surface area (Å²) in [5.41, 5.74) is 6.38. The predicted octanol–water partition coefficient (Wildman–Crippen LogP) is 1.32. The second-order valence-electron chi connectivity index (χ2n) is 5.21. The van der Waals surface area contributed by atoms with E-state index in [-0.39, 0.29) is 11.8 Å². The number of nitrogens with two attached hydrogens (primary N) is 1. The number of nitrogens with one attached hydrogen (secondary N) is 1. The summed E-state index contributed by atoms with van der Waals surface area (Å²) in [7, 11) is 0. The third-order valence-electron chi connectivity index (χ3n) is 3.13. The van der Waals surface area contributed by atoms with Gasteiger partial charge in [-0.25, -0.2) is 0 Å². The molecule has 2 amide bonds. The first kappa shape index (κ1) is 16.9. The van der Waals surface area contributed by atoms with E-state index >= 15 is 0 Å². The Morgan fingerprint density at radius 3 is 2.43 bits per heavy atom. The zero-order valence-corrected chi connectivity index (χ0v) is 12.4. The molecule has 4 N–H and O–H groups in total. The summed E-state index contributed by atoms with van der Waals surface area (Å²) in [5.74, 6) is -0.516. The molecule has 114 valence electrons. The van der Waals surface area contributed by atoms with Gasteiger partial charge in [0.1, 0.15) is 0 Å². The Bertz CT molecular complexity index is 507. The smallest absolute Gasteiger partial charge is 0.248 e. The Hall–Kier alpha value is -2.14. The van der Waals surface area contributed by atoms with Gasteiger partial charge in [-0.05, 0) is 36.1 Å². The summed E-state index contributed by atoms with van der Waals surface area (Å²) in [5, 5.41) is 12.3. The minimum Gasteiger partial charge on any atom is -0.393 e. The van der Waals surface area contributed by atoms with Crippen molar-refractivity contribution in [2.75, 3.05) is 6.54 Å². The van der Waals surface area contributed by atoms with Crippen LogP contribution in [0, 0.1) is 5.92 Å². The second-order valence-corrected chi connectivity index (χ2v) is 5.21. The summed E-state index contributed by atoms with van der Waals surface area (Å²) in [6.45, 7) is 4.30. The van der Waals surface area contributed by atoms with Gasteiger partial charge in [0.25, 0.3) is 0 Å². The van der Waals surface area contributed by atoms with Crippen LogP contribution in [0.25, 0.3) is 6.08 Å². The fraction of sp³-hybridized carbons (Fsp3) is 0.375. The Balaban J connectivity index is 2.41. The molecule has 0 bridgehead atoms. The molecule has 0 aliphatic heterocycles. The molecule has 1 unspecified atom stereocenters. The molecule has 0 saturated heterocycles.